The van der Waals surface area contributed by atoms with Gasteiger partial charge in [0.25, 0.3) is 5.91 Å². The highest BCUT2D eigenvalue weighted by Crippen LogP contribution is 2.32. The van der Waals surface area contributed by atoms with Gasteiger partial charge >= 0.3 is 0 Å². The summed E-state index contributed by atoms with van der Waals surface area (Å²) in [7, 11) is 0. The lowest BCUT2D eigenvalue weighted by molar-refractivity contribution is 0.0959. The fraction of sp³-hybridized carbons (Fsp3) is 0.167. The number of nitrogen functional groups attached to an aromatic ring is 1. The van der Waals surface area contributed by atoms with Crippen LogP contribution in [0.2, 0.25) is 0 Å². The van der Waals surface area contributed by atoms with Crippen LogP contribution >= 0.6 is 11.3 Å². The molecule has 0 unspecified atom stereocenters. The molecule has 2 aromatic heterocycles. The van der Waals surface area contributed by atoms with Crippen LogP contribution in [0.5, 0.6) is 0 Å². The number of rotatable bonds is 4. The lowest BCUT2D eigenvalue weighted by atomic mass is 10.2. The van der Waals surface area contributed by atoms with Gasteiger partial charge in [0.05, 0.1) is 4.88 Å². The molecule has 3 N–H and O–H groups in total. The van der Waals surface area contributed by atoms with Crippen LogP contribution in [-0.4, -0.2) is 17.6 Å². The zero-order chi connectivity index (χ0) is 13.1. The largest absolute Gasteiger partial charge is 0.367 e. The Hall–Kier alpha value is -2.08. The lowest BCUT2D eigenvalue weighted by Crippen LogP contribution is -2.24. The predicted octanol–water partition coefficient (Wildman–Crippen LogP) is 2.21. The van der Waals surface area contributed by atoms with Crippen molar-refractivity contribution >= 4 is 23.1 Å². The Morgan fingerprint density at radius 1 is 1.67 bits per heavy atom. The summed E-state index contributed by atoms with van der Waals surface area (Å²) in [5.41, 5.74) is 6.40. The number of hydrogen-bond acceptors (Lipinski definition) is 5. The second-order valence-corrected chi connectivity index (χ2v) is 4.97. The SMILES string of the molecule is C=CCNC(=O)c1c(-c2ccc(C)s2)noc1N. The van der Waals surface area contributed by atoms with Crippen molar-refractivity contribution < 1.29 is 9.32 Å². The van der Waals surface area contributed by atoms with E-state index in [9.17, 15) is 4.79 Å². The molecule has 0 saturated heterocycles. The number of anilines is 1. The fourth-order valence-electron chi connectivity index (χ4n) is 1.51. The van der Waals surface area contributed by atoms with Crippen LogP contribution in [0.4, 0.5) is 5.88 Å². The molecule has 6 heteroatoms. The Bertz CT molecular complexity index is 586. The van der Waals surface area contributed by atoms with Crippen LogP contribution in [0.3, 0.4) is 0 Å². The first kappa shape index (κ1) is 12.4. The molecule has 5 nitrogen and oxygen atoms in total. The third-order valence-electron chi connectivity index (χ3n) is 2.33. The average Bonchev–Trinajstić information content (AvgIpc) is 2.92. The van der Waals surface area contributed by atoms with E-state index < -0.39 is 0 Å². The molecule has 18 heavy (non-hydrogen) atoms. The minimum absolute atomic E-state index is 0.0256. The van der Waals surface area contributed by atoms with Crippen LogP contribution in [0.15, 0.2) is 29.3 Å². The smallest absolute Gasteiger partial charge is 0.259 e. The van der Waals surface area contributed by atoms with E-state index in [4.69, 9.17) is 10.3 Å². The van der Waals surface area contributed by atoms with E-state index in [0.29, 0.717) is 12.2 Å². The molecule has 0 atom stereocenters. The maximum atomic E-state index is 12.0. The summed E-state index contributed by atoms with van der Waals surface area (Å²) >= 11 is 1.53. The topological polar surface area (TPSA) is 81.2 Å². The third kappa shape index (κ3) is 2.28. The van der Waals surface area contributed by atoms with Crippen molar-refractivity contribution in [3.05, 3.63) is 35.2 Å². The molecule has 0 saturated carbocycles. The number of hydrogen-bond donors (Lipinski definition) is 2. The van der Waals surface area contributed by atoms with Crippen LogP contribution in [0.25, 0.3) is 10.6 Å². The molecule has 2 rings (SSSR count). The highest BCUT2D eigenvalue weighted by Gasteiger charge is 2.22. The molecule has 0 aliphatic heterocycles. The van der Waals surface area contributed by atoms with E-state index in [0.717, 1.165) is 9.75 Å². The molecule has 0 aromatic carbocycles. The van der Waals surface area contributed by atoms with Gasteiger partial charge in [-0.3, -0.25) is 4.79 Å². The molecule has 0 aliphatic rings. The van der Waals surface area contributed by atoms with E-state index in [-0.39, 0.29) is 17.4 Å². The molecule has 2 aromatic rings. The molecule has 1 amide bonds. The van der Waals surface area contributed by atoms with E-state index in [1.165, 1.54) is 11.3 Å². The number of nitrogens with two attached hydrogens (primary N) is 1. The van der Waals surface area contributed by atoms with Crippen LogP contribution < -0.4 is 11.1 Å². The summed E-state index contributed by atoms with van der Waals surface area (Å²) in [6, 6.07) is 3.85. The normalized spacial score (nSPS) is 10.3. The second-order valence-electron chi connectivity index (χ2n) is 3.68. The van der Waals surface area contributed by atoms with Gasteiger partial charge < -0.3 is 15.6 Å². The zero-order valence-electron chi connectivity index (χ0n) is 9.90. The number of nitrogens with zero attached hydrogens (tertiary/aromatic N) is 1. The van der Waals surface area contributed by atoms with Crippen LogP contribution in [0, 0.1) is 6.92 Å². The van der Waals surface area contributed by atoms with E-state index in [1.54, 1.807) is 6.08 Å². The molecule has 0 spiro atoms. The van der Waals surface area contributed by atoms with Gasteiger partial charge in [0.15, 0.2) is 0 Å². The number of carbonyl (C=O) groups is 1. The number of nitrogens with one attached hydrogen (secondary N) is 1. The van der Waals surface area contributed by atoms with Gasteiger partial charge in [-0.05, 0) is 19.1 Å². The molecule has 0 aliphatic carbocycles. The summed E-state index contributed by atoms with van der Waals surface area (Å²) in [5, 5.41) is 6.51. The van der Waals surface area contributed by atoms with E-state index in [2.05, 4.69) is 17.1 Å². The Kier molecular flexibility index (Phi) is 3.47. The number of thiophene rings is 1. The molecule has 0 bridgehead atoms. The van der Waals surface area contributed by atoms with Crippen molar-refractivity contribution in [1.29, 1.82) is 0 Å². The second kappa shape index (κ2) is 5.05. The maximum absolute atomic E-state index is 12.0. The van der Waals surface area contributed by atoms with Crippen molar-refractivity contribution in [2.24, 2.45) is 0 Å². The maximum Gasteiger partial charge on any atom is 0.259 e. The number of carbonyl (C=O) groups excluding carboxylic acids is 1. The number of amides is 1. The van der Waals surface area contributed by atoms with E-state index in [1.807, 2.05) is 19.1 Å². The summed E-state index contributed by atoms with van der Waals surface area (Å²) in [4.78, 5) is 13.9. The third-order valence-corrected chi connectivity index (χ3v) is 3.33. The minimum atomic E-state index is -0.310. The highest BCUT2D eigenvalue weighted by atomic mass is 32.1. The quantitative estimate of drug-likeness (QED) is 0.829. The van der Waals surface area contributed by atoms with Gasteiger partial charge in [-0.1, -0.05) is 11.2 Å². The predicted molar refractivity (Wildman–Crippen MR) is 71.5 cm³/mol. The van der Waals surface area contributed by atoms with Crippen molar-refractivity contribution in [2.75, 3.05) is 12.3 Å². The van der Waals surface area contributed by atoms with Crippen molar-refractivity contribution in [1.82, 2.24) is 10.5 Å². The Labute approximate surface area is 108 Å². The van der Waals surface area contributed by atoms with Gasteiger partial charge in [-0.25, -0.2) is 0 Å². The first-order valence-corrected chi connectivity index (χ1v) is 6.16. The number of aryl methyl sites for hydroxylation is 1. The van der Waals surface area contributed by atoms with E-state index >= 15 is 0 Å². The van der Waals surface area contributed by atoms with Gasteiger partial charge in [-0.15, -0.1) is 17.9 Å². The van der Waals surface area contributed by atoms with Gasteiger partial charge in [0, 0.05) is 11.4 Å². The monoisotopic (exact) mass is 263 g/mol. The summed E-state index contributed by atoms with van der Waals surface area (Å²) in [6.07, 6.45) is 1.59. The van der Waals surface area contributed by atoms with Crippen molar-refractivity contribution in [2.45, 2.75) is 6.92 Å². The molecule has 2 heterocycles. The van der Waals surface area contributed by atoms with Gasteiger partial charge in [0.2, 0.25) is 5.88 Å². The minimum Gasteiger partial charge on any atom is -0.367 e. The lowest BCUT2D eigenvalue weighted by Gasteiger charge is -2.01. The Morgan fingerprint density at radius 3 is 3.06 bits per heavy atom. The molecule has 0 radical (unpaired) electrons. The molecule has 0 fully saturated rings. The molecular formula is C12H13N3O2S. The standard InChI is InChI=1S/C12H13N3O2S/c1-3-6-14-12(16)9-10(15-17-11(9)13)8-5-4-7(2)18-8/h3-5H,1,6,13H2,2H3,(H,14,16). The van der Waals surface area contributed by atoms with Crippen molar-refractivity contribution in [3.63, 3.8) is 0 Å². The van der Waals surface area contributed by atoms with Gasteiger partial charge in [0.1, 0.15) is 11.3 Å². The molecule has 94 valence electrons. The van der Waals surface area contributed by atoms with Gasteiger partial charge in [-0.2, -0.15) is 0 Å². The Morgan fingerprint density at radius 2 is 2.44 bits per heavy atom. The highest BCUT2D eigenvalue weighted by molar-refractivity contribution is 7.15. The van der Waals surface area contributed by atoms with Crippen molar-refractivity contribution in [3.8, 4) is 10.6 Å². The van der Waals surface area contributed by atoms with Crippen LogP contribution in [0.1, 0.15) is 15.2 Å². The first-order valence-electron chi connectivity index (χ1n) is 5.34. The zero-order valence-corrected chi connectivity index (χ0v) is 10.7. The summed E-state index contributed by atoms with van der Waals surface area (Å²) < 4.78 is 4.91. The first-order chi connectivity index (χ1) is 8.63. The summed E-state index contributed by atoms with van der Waals surface area (Å²) in [5.74, 6) is -0.285. The Balaban J connectivity index is 2.38. The number of aromatic nitrogens is 1. The fourth-order valence-corrected chi connectivity index (χ4v) is 2.36. The molecular weight excluding hydrogens is 250 g/mol. The summed E-state index contributed by atoms with van der Waals surface area (Å²) in [6.45, 7) is 5.89. The van der Waals surface area contributed by atoms with Crippen LogP contribution in [-0.2, 0) is 0 Å². The average molecular weight is 263 g/mol.